The van der Waals surface area contributed by atoms with E-state index in [2.05, 4.69) is 5.32 Å². The molecule has 1 fully saturated rings. The van der Waals surface area contributed by atoms with E-state index in [4.69, 9.17) is 4.74 Å². The number of ether oxygens (including phenoxy) is 1. The summed E-state index contributed by atoms with van der Waals surface area (Å²) in [4.78, 5) is 12.3. The topological polar surface area (TPSA) is 58.6 Å². The van der Waals surface area contributed by atoms with Gasteiger partial charge in [0.2, 0.25) is 0 Å². The van der Waals surface area contributed by atoms with Gasteiger partial charge in [0.1, 0.15) is 11.5 Å². The highest BCUT2D eigenvalue weighted by atomic mass is 16.5. The minimum absolute atomic E-state index is 0.220. The highest BCUT2D eigenvalue weighted by Gasteiger charge is 2.28. The van der Waals surface area contributed by atoms with E-state index in [9.17, 15) is 9.90 Å². The van der Waals surface area contributed by atoms with Crippen LogP contribution in [-0.4, -0.2) is 30.1 Å². The molecule has 1 aromatic rings. The summed E-state index contributed by atoms with van der Waals surface area (Å²) in [5.41, 5.74) is 0.994. The smallest absolute Gasteiger partial charge is 0.173 e. The van der Waals surface area contributed by atoms with Crippen molar-refractivity contribution in [2.24, 2.45) is 5.92 Å². The minimum Gasteiger partial charge on any atom is -0.508 e. The molecule has 1 aromatic carbocycles. The second-order valence-electron chi connectivity index (χ2n) is 5.82. The minimum atomic E-state index is -0.311. The number of hydrogen-bond donors (Lipinski definition) is 2. The Morgan fingerprint density at radius 3 is 3.10 bits per heavy atom. The summed E-state index contributed by atoms with van der Waals surface area (Å²) in [6.07, 6.45) is 4.11. The fourth-order valence-corrected chi connectivity index (χ4v) is 3.12. The molecule has 0 spiro atoms. The summed E-state index contributed by atoms with van der Waals surface area (Å²) in [6, 6.07) is 5.09. The van der Waals surface area contributed by atoms with Crippen molar-refractivity contribution >= 4 is 5.78 Å². The number of fused-ring (bicyclic) bond motifs is 1. The fraction of sp³-hybridized carbons (Fsp3) is 0.562. The Morgan fingerprint density at radius 2 is 2.30 bits per heavy atom. The third kappa shape index (κ3) is 2.96. The standard InChI is InChI=1S/C16H21NO3/c18-13-4-6-15-12(9-13)3-5-16(20-15)14(19)8-11-2-1-7-17-10-11/h4,6,9,11,16-18H,1-3,5,7-8,10H2. The lowest BCUT2D eigenvalue weighted by atomic mass is 9.90. The molecule has 2 aliphatic rings. The molecule has 0 aliphatic carbocycles. The van der Waals surface area contributed by atoms with E-state index in [1.54, 1.807) is 18.2 Å². The van der Waals surface area contributed by atoms with E-state index in [1.165, 1.54) is 0 Å². The maximum absolute atomic E-state index is 12.3. The van der Waals surface area contributed by atoms with Crippen molar-refractivity contribution in [3.8, 4) is 11.5 Å². The normalized spacial score (nSPS) is 25.6. The van der Waals surface area contributed by atoms with Crippen LogP contribution in [0.3, 0.4) is 0 Å². The van der Waals surface area contributed by atoms with E-state index in [0.29, 0.717) is 12.3 Å². The van der Waals surface area contributed by atoms with E-state index in [1.807, 2.05) is 0 Å². The maximum Gasteiger partial charge on any atom is 0.173 e. The Balaban J connectivity index is 1.61. The van der Waals surface area contributed by atoms with Gasteiger partial charge >= 0.3 is 0 Å². The maximum atomic E-state index is 12.3. The van der Waals surface area contributed by atoms with Gasteiger partial charge in [-0.1, -0.05) is 0 Å². The first-order chi connectivity index (χ1) is 9.72. The van der Waals surface area contributed by atoms with Crippen LogP contribution < -0.4 is 10.1 Å². The third-order valence-electron chi connectivity index (χ3n) is 4.24. The van der Waals surface area contributed by atoms with Gasteiger partial charge in [-0.05, 0) is 68.5 Å². The van der Waals surface area contributed by atoms with Gasteiger partial charge in [-0.15, -0.1) is 0 Å². The molecule has 2 heterocycles. The predicted molar refractivity (Wildman–Crippen MR) is 76.1 cm³/mol. The van der Waals surface area contributed by atoms with Crippen molar-refractivity contribution < 1.29 is 14.6 Å². The lowest BCUT2D eigenvalue weighted by Crippen LogP contribution is -2.36. The van der Waals surface area contributed by atoms with Crippen molar-refractivity contribution in [3.05, 3.63) is 23.8 Å². The average Bonchev–Trinajstić information content (AvgIpc) is 2.47. The molecule has 2 aliphatic heterocycles. The molecule has 2 atom stereocenters. The summed E-state index contributed by atoms with van der Waals surface area (Å²) in [7, 11) is 0. The molecule has 0 saturated carbocycles. The number of carbonyl (C=O) groups excluding carboxylic acids is 1. The van der Waals surface area contributed by atoms with E-state index >= 15 is 0 Å². The van der Waals surface area contributed by atoms with E-state index < -0.39 is 0 Å². The first-order valence-corrected chi connectivity index (χ1v) is 7.44. The SMILES string of the molecule is O=C(CC1CCCNC1)C1CCc2cc(O)ccc2O1. The monoisotopic (exact) mass is 275 g/mol. The van der Waals surface area contributed by atoms with Crippen molar-refractivity contribution in [1.82, 2.24) is 5.32 Å². The number of carbonyl (C=O) groups is 1. The molecule has 3 rings (SSSR count). The summed E-state index contributed by atoms with van der Waals surface area (Å²) >= 11 is 0. The molecule has 0 aromatic heterocycles. The number of hydrogen-bond acceptors (Lipinski definition) is 4. The van der Waals surface area contributed by atoms with Crippen molar-refractivity contribution in [2.45, 2.75) is 38.2 Å². The molecule has 1 saturated heterocycles. The van der Waals surface area contributed by atoms with Crippen LogP contribution in [0.5, 0.6) is 11.5 Å². The van der Waals surface area contributed by atoms with Crippen LogP contribution in [0.2, 0.25) is 0 Å². The Bertz CT molecular complexity index is 494. The van der Waals surface area contributed by atoms with Crippen molar-refractivity contribution in [3.63, 3.8) is 0 Å². The molecule has 2 N–H and O–H groups in total. The van der Waals surface area contributed by atoms with Gasteiger partial charge in [-0.2, -0.15) is 0 Å². The van der Waals surface area contributed by atoms with Crippen LogP contribution in [0.15, 0.2) is 18.2 Å². The largest absolute Gasteiger partial charge is 0.508 e. The van der Waals surface area contributed by atoms with Gasteiger partial charge in [0, 0.05) is 6.42 Å². The van der Waals surface area contributed by atoms with Crippen LogP contribution >= 0.6 is 0 Å². The van der Waals surface area contributed by atoms with Crippen molar-refractivity contribution in [2.75, 3.05) is 13.1 Å². The van der Waals surface area contributed by atoms with Crippen LogP contribution in [-0.2, 0) is 11.2 Å². The number of aryl methyl sites for hydroxylation is 1. The van der Waals surface area contributed by atoms with Gasteiger partial charge < -0.3 is 15.2 Å². The molecule has 108 valence electrons. The molecular weight excluding hydrogens is 254 g/mol. The lowest BCUT2D eigenvalue weighted by Gasteiger charge is -2.28. The molecular formula is C16H21NO3. The zero-order chi connectivity index (χ0) is 13.9. The first kappa shape index (κ1) is 13.4. The zero-order valence-electron chi connectivity index (χ0n) is 11.6. The Morgan fingerprint density at radius 1 is 1.40 bits per heavy atom. The molecule has 4 heteroatoms. The third-order valence-corrected chi connectivity index (χ3v) is 4.24. The molecule has 20 heavy (non-hydrogen) atoms. The van der Waals surface area contributed by atoms with Gasteiger partial charge in [0.05, 0.1) is 0 Å². The summed E-state index contributed by atoms with van der Waals surface area (Å²) < 4.78 is 5.81. The van der Waals surface area contributed by atoms with Gasteiger partial charge in [-0.25, -0.2) is 0 Å². The number of ketones is 1. The summed E-state index contributed by atoms with van der Waals surface area (Å²) in [5.74, 6) is 1.68. The lowest BCUT2D eigenvalue weighted by molar-refractivity contribution is -0.127. The van der Waals surface area contributed by atoms with Crippen LogP contribution in [0, 0.1) is 5.92 Å². The Kier molecular flexibility index (Phi) is 3.92. The second-order valence-corrected chi connectivity index (χ2v) is 5.82. The van der Waals surface area contributed by atoms with Gasteiger partial charge in [0.25, 0.3) is 0 Å². The zero-order valence-corrected chi connectivity index (χ0v) is 11.6. The van der Waals surface area contributed by atoms with Crippen LogP contribution in [0.4, 0.5) is 0 Å². The van der Waals surface area contributed by atoms with Crippen LogP contribution in [0.1, 0.15) is 31.2 Å². The average molecular weight is 275 g/mol. The number of piperidine rings is 1. The molecule has 0 amide bonds. The fourth-order valence-electron chi connectivity index (χ4n) is 3.12. The van der Waals surface area contributed by atoms with Crippen molar-refractivity contribution in [1.29, 1.82) is 0 Å². The Hall–Kier alpha value is -1.55. The van der Waals surface area contributed by atoms with Crippen LogP contribution in [0.25, 0.3) is 0 Å². The number of aromatic hydroxyl groups is 1. The molecule has 4 nitrogen and oxygen atoms in total. The second kappa shape index (κ2) is 5.83. The highest BCUT2D eigenvalue weighted by molar-refractivity contribution is 5.84. The quantitative estimate of drug-likeness (QED) is 0.886. The van der Waals surface area contributed by atoms with E-state index in [0.717, 1.165) is 50.1 Å². The number of Topliss-reactive ketones (excluding diaryl/α,β-unsaturated/α-hetero) is 1. The molecule has 0 radical (unpaired) electrons. The number of phenols is 1. The highest BCUT2D eigenvalue weighted by Crippen LogP contribution is 2.31. The molecule has 2 unspecified atom stereocenters. The number of phenolic OH excluding ortho intramolecular Hbond substituents is 1. The van der Waals surface area contributed by atoms with Gasteiger partial charge in [-0.3, -0.25) is 4.79 Å². The molecule has 0 bridgehead atoms. The number of rotatable bonds is 3. The number of nitrogens with one attached hydrogen (secondary N) is 1. The Labute approximate surface area is 119 Å². The summed E-state index contributed by atoms with van der Waals surface area (Å²) in [5, 5.41) is 12.8. The van der Waals surface area contributed by atoms with Gasteiger partial charge in [0.15, 0.2) is 11.9 Å². The first-order valence-electron chi connectivity index (χ1n) is 7.44. The summed E-state index contributed by atoms with van der Waals surface area (Å²) in [6.45, 7) is 2.02. The number of benzene rings is 1. The van der Waals surface area contributed by atoms with E-state index in [-0.39, 0.29) is 17.6 Å². The predicted octanol–water partition coefficient (Wildman–Crippen LogP) is 2.04.